The van der Waals surface area contributed by atoms with E-state index in [0.29, 0.717) is 24.4 Å². The predicted octanol–water partition coefficient (Wildman–Crippen LogP) is 1.05. The van der Waals surface area contributed by atoms with Crippen LogP contribution in [0.2, 0.25) is 5.02 Å². The van der Waals surface area contributed by atoms with Crippen molar-refractivity contribution in [3.63, 3.8) is 0 Å². The van der Waals surface area contributed by atoms with E-state index < -0.39 is 11.9 Å². The lowest BCUT2D eigenvalue weighted by atomic mass is 10.2. The van der Waals surface area contributed by atoms with E-state index in [2.05, 4.69) is 10.6 Å². The molecule has 1 rings (SSSR count). The molecule has 0 radical (unpaired) electrons. The van der Waals surface area contributed by atoms with Crippen LogP contribution in [0.1, 0.15) is 10.4 Å². The van der Waals surface area contributed by atoms with E-state index in [1.54, 1.807) is 13.2 Å². The van der Waals surface area contributed by atoms with Gasteiger partial charge in [-0.25, -0.2) is 0 Å². The van der Waals surface area contributed by atoms with Crippen molar-refractivity contribution in [3.8, 4) is 0 Å². The summed E-state index contributed by atoms with van der Waals surface area (Å²) in [5, 5.41) is 5.50. The predicted molar refractivity (Wildman–Crippen MR) is 91.4 cm³/mol. The standard InChI is InChI=1S/C14H20ClN3O4.ClH/c1-21-6-5-17-13(19)10-4-3-9(7-11(10)15)18-14(20)12(16)8-22-2;/h3-4,7,12H,5-6,8,16H2,1-2H3,(H,17,19)(H,18,20);1H. The Morgan fingerprint density at radius 1 is 1.30 bits per heavy atom. The second-order valence-corrected chi connectivity index (χ2v) is 4.90. The number of anilines is 1. The zero-order valence-corrected chi connectivity index (χ0v) is 14.5. The van der Waals surface area contributed by atoms with Gasteiger partial charge >= 0.3 is 0 Å². The molecule has 0 spiro atoms. The fourth-order valence-electron chi connectivity index (χ4n) is 1.63. The van der Waals surface area contributed by atoms with Gasteiger partial charge in [0.1, 0.15) is 6.04 Å². The molecule has 0 aromatic heterocycles. The molecular formula is C14H21Cl2N3O4. The Labute approximate surface area is 146 Å². The van der Waals surface area contributed by atoms with Crippen LogP contribution in [-0.2, 0) is 14.3 Å². The van der Waals surface area contributed by atoms with Crippen molar-refractivity contribution in [2.24, 2.45) is 5.73 Å². The van der Waals surface area contributed by atoms with Crippen molar-refractivity contribution in [3.05, 3.63) is 28.8 Å². The minimum absolute atomic E-state index is 0. The minimum Gasteiger partial charge on any atom is -0.383 e. The second kappa shape index (κ2) is 11.2. The number of carbonyl (C=O) groups is 2. The third-order valence-electron chi connectivity index (χ3n) is 2.76. The average Bonchev–Trinajstić information content (AvgIpc) is 2.47. The molecule has 1 aromatic carbocycles. The SMILES string of the molecule is COCCNC(=O)c1ccc(NC(=O)C(N)COC)cc1Cl.Cl. The number of carbonyl (C=O) groups excluding carboxylic acids is 2. The maximum Gasteiger partial charge on any atom is 0.252 e. The third-order valence-corrected chi connectivity index (χ3v) is 3.07. The molecule has 7 nitrogen and oxygen atoms in total. The zero-order chi connectivity index (χ0) is 16.5. The smallest absolute Gasteiger partial charge is 0.252 e. The normalized spacial score (nSPS) is 11.3. The van der Waals surface area contributed by atoms with Crippen LogP contribution in [0.25, 0.3) is 0 Å². The summed E-state index contributed by atoms with van der Waals surface area (Å²) in [5.41, 5.74) is 6.38. The number of rotatable bonds is 8. The quantitative estimate of drug-likeness (QED) is 0.597. The van der Waals surface area contributed by atoms with E-state index in [1.165, 1.54) is 19.2 Å². The summed E-state index contributed by atoms with van der Waals surface area (Å²) in [7, 11) is 3.01. The fourth-order valence-corrected chi connectivity index (χ4v) is 1.90. The summed E-state index contributed by atoms with van der Waals surface area (Å²) in [6, 6.07) is 3.82. The molecule has 0 saturated carbocycles. The highest BCUT2D eigenvalue weighted by atomic mass is 35.5. The Morgan fingerprint density at radius 3 is 2.57 bits per heavy atom. The van der Waals surface area contributed by atoms with Gasteiger partial charge in [0.25, 0.3) is 5.91 Å². The summed E-state index contributed by atoms with van der Waals surface area (Å²) in [4.78, 5) is 23.6. The average molecular weight is 366 g/mol. The number of ether oxygens (including phenoxy) is 2. The maximum atomic E-state index is 11.9. The number of nitrogens with two attached hydrogens (primary N) is 1. The van der Waals surface area contributed by atoms with Crippen molar-refractivity contribution in [2.45, 2.75) is 6.04 Å². The lowest BCUT2D eigenvalue weighted by molar-refractivity contribution is -0.118. The number of methoxy groups -OCH3 is 2. The van der Waals surface area contributed by atoms with Crippen LogP contribution in [0, 0.1) is 0 Å². The number of amides is 2. The Morgan fingerprint density at radius 2 is 2.00 bits per heavy atom. The van der Waals surface area contributed by atoms with E-state index in [4.69, 9.17) is 26.8 Å². The molecule has 1 aromatic rings. The number of hydrogen-bond acceptors (Lipinski definition) is 5. The summed E-state index contributed by atoms with van der Waals surface area (Å²) in [6.45, 7) is 0.907. The first-order valence-corrected chi connectivity index (χ1v) is 6.99. The minimum atomic E-state index is -0.777. The van der Waals surface area contributed by atoms with Gasteiger partial charge in [0.15, 0.2) is 0 Å². The summed E-state index contributed by atoms with van der Waals surface area (Å²) in [5.74, 6) is -0.703. The molecule has 0 heterocycles. The number of nitrogens with one attached hydrogen (secondary N) is 2. The van der Waals surface area contributed by atoms with Crippen LogP contribution in [0.5, 0.6) is 0 Å². The Hall–Kier alpha value is -1.38. The molecule has 1 atom stereocenters. The molecule has 0 saturated heterocycles. The van der Waals surface area contributed by atoms with Crippen molar-refractivity contribution < 1.29 is 19.1 Å². The highest BCUT2D eigenvalue weighted by Crippen LogP contribution is 2.21. The van der Waals surface area contributed by atoms with Gasteiger partial charge in [-0.3, -0.25) is 9.59 Å². The lowest BCUT2D eigenvalue weighted by Crippen LogP contribution is -2.39. The topological polar surface area (TPSA) is 103 Å². The van der Waals surface area contributed by atoms with Crippen molar-refractivity contribution >= 4 is 41.5 Å². The first kappa shape index (κ1) is 21.6. The lowest BCUT2D eigenvalue weighted by Gasteiger charge is -2.12. The Balaban J connectivity index is 0.00000484. The van der Waals surface area contributed by atoms with E-state index >= 15 is 0 Å². The summed E-state index contributed by atoms with van der Waals surface area (Å²) < 4.78 is 9.65. The van der Waals surface area contributed by atoms with Gasteiger partial charge in [-0.2, -0.15) is 0 Å². The molecule has 4 N–H and O–H groups in total. The van der Waals surface area contributed by atoms with Crippen molar-refractivity contribution in [1.82, 2.24) is 5.32 Å². The van der Waals surface area contributed by atoms with E-state index in [1.807, 2.05) is 0 Å². The molecule has 130 valence electrons. The number of benzene rings is 1. The highest BCUT2D eigenvalue weighted by Gasteiger charge is 2.15. The largest absolute Gasteiger partial charge is 0.383 e. The molecule has 0 aliphatic carbocycles. The van der Waals surface area contributed by atoms with E-state index in [-0.39, 0.29) is 29.9 Å². The highest BCUT2D eigenvalue weighted by molar-refractivity contribution is 6.34. The van der Waals surface area contributed by atoms with E-state index in [9.17, 15) is 9.59 Å². The van der Waals surface area contributed by atoms with Gasteiger partial charge in [-0.1, -0.05) is 11.6 Å². The number of hydrogen-bond donors (Lipinski definition) is 3. The molecule has 0 fully saturated rings. The van der Waals surface area contributed by atoms with Crippen LogP contribution in [0.4, 0.5) is 5.69 Å². The Bertz CT molecular complexity index is 529. The molecule has 2 amide bonds. The van der Waals surface area contributed by atoms with Crippen LogP contribution < -0.4 is 16.4 Å². The van der Waals surface area contributed by atoms with Crippen LogP contribution in [-0.4, -0.2) is 51.8 Å². The summed E-state index contributed by atoms with van der Waals surface area (Å²) in [6.07, 6.45) is 0. The van der Waals surface area contributed by atoms with E-state index in [0.717, 1.165) is 0 Å². The van der Waals surface area contributed by atoms with Gasteiger partial charge < -0.3 is 25.8 Å². The Kier molecular flexibility index (Phi) is 10.5. The fraction of sp³-hybridized carbons (Fsp3) is 0.429. The maximum absolute atomic E-state index is 11.9. The molecule has 0 aliphatic rings. The van der Waals surface area contributed by atoms with Crippen molar-refractivity contribution in [1.29, 1.82) is 0 Å². The summed E-state index contributed by atoms with van der Waals surface area (Å²) >= 11 is 6.06. The van der Waals surface area contributed by atoms with Crippen LogP contribution >= 0.6 is 24.0 Å². The monoisotopic (exact) mass is 365 g/mol. The van der Waals surface area contributed by atoms with Gasteiger partial charge in [0.2, 0.25) is 5.91 Å². The molecule has 23 heavy (non-hydrogen) atoms. The molecule has 0 bridgehead atoms. The zero-order valence-electron chi connectivity index (χ0n) is 12.9. The first-order chi connectivity index (χ1) is 10.5. The first-order valence-electron chi connectivity index (χ1n) is 6.61. The van der Waals surface area contributed by atoms with Gasteiger partial charge in [-0.05, 0) is 18.2 Å². The van der Waals surface area contributed by atoms with Gasteiger partial charge in [0.05, 0.1) is 23.8 Å². The number of halogens is 2. The van der Waals surface area contributed by atoms with Gasteiger partial charge in [0, 0.05) is 26.5 Å². The molecular weight excluding hydrogens is 345 g/mol. The second-order valence-electron chi connectivity index (χ2n) is 4.49. The van der Waals surface area contributed by atoms with Gasteiger partial charge in [-0.15, -0.1) is 12.4 Å². The van der Waals surface area contributed by atoms with Crippen LogP contribution in [0.3, 0.4) is 0 Å². The molecule has 1 unspecified atom stereocenters. The molecule has 9 heteroatoms. The third kappa shape index (κ3) is 7.15. The van der Waals surface area contributed by atoms with Crippen molar-refractivity contribution in [2.75, 3.05) is 39.3 Å². The molecule has 0 aliphatic heterocycles. The van der Waals surface area contributed by atoms with Crippen LogP contribution in [0.15, 0.2) is 18.2 Å².